The van der Waals surface area contributed by atoms with E-state index in [1.807, 2.05) is 19.9 Å². The van der Waals surface area contributed by atoms with Crippen LogP contribution in [0.3, 0.4) is 0 Å². The van der Waals surface area contributed by atoms with Gasteiger partial charge in [0.1, 0.15) is 11.3 Å². The van der Waals surface area contributed by atoms with Gasteiger partial charge in [-0.3, -0.25) is 4.79 Å². The molecule has 0 atom stereocenters. The molecule has 0 radical (unpaired) electrons. The third-order valence-electron chi connectivity index (χ3n) is 3.67. The maximum Gasteiger partial charge on any atom is 0.342 e. The number of nitrogens with one attached hydrogen (secondary N) is 1. The van der Waals surface area contributed by atoms with Crippen molar-refractivity contribution in [3.8, 4) is 5.82 Å². The van der Waals surface area contributed by atoms with Crippen LogP contribution in [0, 0.1) is 6.92 Å². The van der Waals surface area contributed by atoms with Gasteiger partial charge in [0.2, 0.25) is 0 Å². The summed E-state index contributed by atoms with van der Waals surface area (Å²) in [6.07, 6.45) is 3.07. The molecular weight excluding hydrogens is 350 g/mol. The second kappa shape index (κ2) is 7.81. The Labute approximate surface area is 155 Å². The summed E-state index contributed by atoms with van der Waals surface area (Å²) in [5.74, 6) is 0.265. The average Bonchev–Trinajstić information content (AvgIpc) is 3.27. The Balaban J connectivity index is 1.71. The van der Waals surface area contributed by atoms with Crippen LogP contribution in [0.15, 0.2) is 41.2 Å². The Morgan fingerprint density at radius 1 is 1.33 bits per heavy atom. The molecule has 0 spiro atoms. The van der Waals surface area contributed by atoms with E-state index >= 15 is 0 Å². The number of aromatic nitrogens is 4. The highest BCUT2D eigenvalue weighted by atomic mass is 16.5. The normalized spacial score (nSPS) is 10.8. The largest absolute Gasteiger partial charge is 0.452 e. The number of anilines is 1. The number of aryl methyl sites for hydroxylation is 1. The first-order chi connectivity index (χ1) is 13.0. The lowest BCUT2D eigenvalue weighted by Gasteiger charge is -2.11. The van der Waals surface area contributed by atoms with Crippen LogP contribution < -0.4 is 5.32 Å². The molecule has 3 aromatic heterocycles. The number of hydrogen-bond donors (Lipinski definition) is 1. The van der Waals surface area contributed by atoms with Gasteiger partial charge in [-0.25, -0.2) is 14.5 Å². The van der Waals surface area contributed by atoms with Crippen molar-refractivity contribution in [3.63, 3.8) is 0 Å². The molecule has 0 unspecified atom stereocenters. The lowest BCUT2D eigenvalue weighted by molar-refractivity contribution is -0.119. The van der Waals surface area contributed by atoms with Crippen molar-refractivity contribution in [3.05, 3.63) is 53.7 Å². The molecule has 0 aromatic carbocycles. The SMILES string of the molecule is Cc1cc(NC(=O)COC(=O)c2cnn(-c3ccccn3)c2C(C)C)no1. The van der Waals surface area contributed by atoms with Crippen LogP contribution in [0.4, 0.5) is 5.82 Å². The monoisotopic (exact) mass is 369 g/mol. The van der Waals surface area contributed by atoms with E-state index in [1.54, 1.807) is 36.0 Å². The van der Waals surface area contributed by atoms with E-state index in [-0.39, 0.29) is 11.7 Å². The third kappa shape index (κ3) is 4.20. The van der Waals surface area contributed by atoms with E-state index < -0.39 is 18.5 Å². The summed E-state index contributed by atoms with van der Waals surface area (Å²) in [4.78, 5) is 28.6. The standard InChI is InChI=1S/C18H19N5O4/c1-11(2)17-13(9-20-23(17)15-6-4-5-7-19-15)18(25)26-10-16(24)21-14-8-12(3)27-22-14/h4-9,11H,10H2,1-3H3,(H,21,22,24). The van der Waals surface area contributed by atoms with Crippen molar-refractivity contribution in [1.29, 1.82) is 0 Å². The summed E-state index contributed by atoms with van der Waals surface area (Å²) >= 11 is 0. The Kier molecular flexibility index (Phi) is 5.30. The zero-order valence-electron chi connectivity index (χ0n) is 15.2. The number of pyridine rings is 1. The van der Waals surface area contributed by atoms with Crippen molar-refractivity contribution < 1.29 is 18.8 Å². The molecule has 0 aliphatic heterocycles. The smallest absolute Gasteiger partial charge is 0.342 e. The second-order valence-corrected chi connectivity index (χ2v) is 6.15. The molecule has 3 heterocycles. The summed E-state index contributed by atoms with van der Waals surface area (Å²) in [6.45, 7) is 5.13. The molecule has 9 heteroatoms. The number of rotatable bonds is 6. The first-order valence-electron chi connectivity index (χ1n) is 8.35. The highest BCUT2D eigenvalue weighted by Gasteiger charge is 2.23. The number of nitrogens with zero attached hydrogens (tertiary/aromatic N) is 4. The molecule has 3 rings (SSSR count). The molecule has 27 heavy (non-hydrogen) atoms. The molecule has 140 valence electrons. The second-order valence-electron chi connectivity index (χ2n) is 6.15. The quantitative estimate of drug-likeness (QED) is 0.664. The zero-order chi connectivity index (χ0) is 19.4. The van der Waals surface area contributed by atoms with E-state index in [9.17, 15) is 9.59 Å². The van der Waals surface area contributed by atoms with Crippen LogP contribution in [-0.4, -0.2) is 38.4 Å². The van der Waals surface area contributed by atoms with Crippen molar-refractivity contribution in [1.82, 2.24) is 19.9 Å². The van der Waals surface area contributed by atoms with E-state index in [1.165, 1.54) is 6.20 Å². The van der Waals surface area contributed by atoms with E-state index in [0.717, 1.165) is 0 Å². The molecule has 0 bridgehead atoms. The van der Waals surface area contributed by atoms with Gasteiger partial charge in [-0.05, 0) is 25.0 Å². The van der Waals surface area contributed by atoms with Gasteiger partial charge in [-0.15, -0.1) is 0 Å². The lowest BCUT2D eigenvalue weighted by Crippen LogP contribution is -2.21. The molecule has 0 aliphatic rings. The van der Waals surface area contributed by atoms with Crippen LogP contribution in [0.25, 0.3) is 5.82 Å². The average molecular weight is 369 g/mol. The van der Waals surface area contributed by atoms with Gasteiger partial charge in [-0.2, -0.15) is 5.10 Å². The van der Waals surface area contributed by atoms with Gasteiger partial charge < -0.3 is 14.6 Å². The van der Waals surface area contributed by atoms with E-state index in [4.69, 9.17) is 9.26 Å². The summed E-state index contributed by atoms with van der Waals surface area (Å²) < 4.78 is 11.6. The lowest BCUT2D eigenvalue weighted by atomic mass is 10.1. The fourth-order valence-corrected chi connectivity index (χ4v) is 2.55. The van der Waals surface area contributed by atoms with Crippen molar-refractivity contribution in [2.24, 2.45) is 0 Å². The molecule has 0 aliphatic carbocycles. The van der Waals surface area contributed by atoms with E-state index in [0.29, 0.717) is 22.8 Å². The minimum absolute atomic E-state index is 0.0102. The Morgan fingerprint density at radius 3 is 2.78 bits per heavy atom. The van der Waals surface area contributed by atoms with Crippen LogP contribution in [0.1, 0.15) is 41.6 Å². The summed E-state index contributed by atoms with van der Waals surface area (Å²) in [6, 6.07) is 6.99. The highest BCUT2D eigenvalue weighted by molar-refractivity contribution is 5.95. The Morgan fingerprint density at radius 2 is 2.15 bits per heavy atom. The van der Waals surface area contributed by atoms with Crippen LogP contribution >= 0.6 is 0 Å². The number of esters is 1. The summed E-state index contributed by atoms with van der Waals surface area (Å²) in [5.41, 5.74) is 0.951. The summed E-state index contributed by atoms with van der Waals surface area (Å²) in [7, 11) is 0. The topological polar surface area (TPSA) is 112 Å². The number of hydrogen-bond acceptors (Lipinski definition) is 7. The van der Waals surface area contributed by atoms with Gasteiger partial charge in [-0.1, -0.05) is 25.1 Å². The minimum Gasteiger partial charge on any atom is -0.452 e. The molecule has 0 fully saturated rings. The van der Waals surface area contributed by atoms with Crippen molar-refractivity contribution in [2.45, 2.75) is 26.7 Å². The first kappa shape index (κ1) is 18.3. The van der Waals surface area contributed by atoms with Gasteiger partial charge in [0.25, 0.3) is 5.91 Å². The van der Waals surface area contributed by atoms with Gasteiger partial charge in [0, 0.05) is 12.3 Å². The van der Waals surface area contributed by atoms with Gasteiger partial charge in [0.15, 0.2) is 18.2 Å². The number of carbonyl (C=O) groups excluding carboxylic acids is 2. The minimum atomic E-state index is -0.632. The predicted molar refractivity (Wildman–Crippen MR) is 95.6 cm³/mol. The number of carbonyl (C=O) groups is 2. The van der Waals surface area contributed by atoms with Gasteiger partial charge in [0.05, 0.1) is 11.9 Å². The molecule has 1 amide bonds. The maximum atomic E-state index is 12.5. The van der Waals surface area contributed by atoms with Crippen molar-refractivity contribution in [2.75, 3.05) is 11.9 Å². The molecular formula is C18H19N5O4. The highest BCUT2D eigenvalue weighted by Crippen LogP contribution is 2.22. The molecule has 9 nitrogen and oxygen atoms in total. The molecule has 0 saturated carbocycles. The predicted octanol–water partition coefficient (Wildman–Crippen LogP) is 2.48. The molecule has 1 N–H and O–H groups in total. The number of amides is 1. The van der Waals surface area contributed by atoms with Crippen LogP contribution in [0.2, 0.25) is 0 Å². The number of ether oxygens (including phenoxy) is 1. The van der Waals surface area contributed by atoms with Gasteiger partial charge >= 0.3 is 5.97 Å². The fraction of sp³-hybridized carbons (Fsp3) is 0.278. The van der Waals surface area contributed by atoms with Crippen LogP contribution in [0.5, 0.6) is 0 Å². The summed E-state index contributed by atoms with van der Waals surface area (Å²) in [5, 5.41) is 10.4. The molecule has 0 saturated heterocycles. The fourth-order valence-electron chi connectivity index (χ4n) is 2.55. The zero-order valence-corrected chi connectivity index (χ0v) is 15.2. The Bertz CT molecular complexity index is 946. The van der Waals surface area contributed by atoms with Crippen molar-refractivity contribution >= 4 is 17.7 Å². The van der Waals surface area contributed by atoms with E-state index in [2.05, 4.69) is 20.6 Å². The van der Waals surface area contributed by atoms with Crippen LogP contribution in [-0.2, 0) is 9.53 Å². The Hall–Kier alpha value is -3.49. The first-order valence-corrected chi connectivity index (χ1v) is 8.35. The maximum absolute atomic E-state index is 12.5. The molecule has 3 aromatic rings. The third-order valence-corrected chi connectivity index (χ3v) is 3.67.